The number of carbonyl (C=O) groups is 1. The first kappa shape index (κ1) is 23.9. The molecule has 0 aliphatic heterocycles. The Hall–Kier alpha value is -3.80. The number of nitrogens with one attached hydrogen (secondary N) is 1. The zero-order chi connectivity index (χ0) is 23.8. The molecule has 9 heteroatoms. The van der Waals surface area contributed by atoms with Crippen LogP contribution in [-0.2, 0) is 4.79 Å². The molecule has 2 aromatic carbocycles. The van der Waals surface area contributed by atoms with Crippen LogP contribution in [0, 0.1) is 17.7 Å². The Morgan fingerprint density at radius 2 is 2.15 bits per heavy atom. The fourth-order valence-electron chi connectivity index (χ4n) is 2.71. The first-order chi connectivity index (χ1) is 15.9. The summed E-state index contributed by atoms with van der Waals surface area (Å²) in [5, 5.41) is 3.79. The first-order valence-electron chi connectivity index (χ1n) is 9.86. The number of carbonyl (C=O) groups excluding carboxylic acids is 1. The monoisotopic (exact) mass is 465 g/mol. The quantitative estimate of drug-likeness (QED) is 0.319. The van der Waals surface area contributed by atoms with Crippen LogP contribution in [0.2, 0.25) is 5.02 Å². The number of rotatable bonds is 7. The summed E-state index contributed by atoms with van der Waals surface area (Å²) in [7, 11) is 3.90. The molecular formula is C24H21ClFN5O2. The third-order valence-electron chi connectivity index (χ3n) is 4.35. The van der Waals surface area contributed by atoms with Gasteiger partial charge >= 0.3 is 0 Å². The fourth-order valence-corrected chi connectivity index (χ4v) is 2.89. The van der Waals surface area contributed by atoms with Gasteiger partial charge in [0.2, 0.25) is 0 Å². The van der Waals surface area contributed by atoms with Crippen molar-refractivity contribution in [3.63, 3.8) is 0 Å². The van der Waals surface area contributed by atoms with Crippen molar-refractivity contribution >= 4 is 46.1 Å². The van der Waals surface area contributed by atoms with Crippen molar-refractivity contribution in [2.75, 3.05) is 32.6 Å². The number of halogens is 2. The van der Waals surface area contributed by atoms with Gasteiger partial charge in [0.1, 0.15) is 30.3 Å². The second-order valence-electron chi connectivity index (χ2n) is 7.06. The van der Waals surface area contributed by atoms with E-state index in [2.05, 4.69) is 38.7 Å². The molecule has 0 saturated carbocycles. The number of aliphatic imine (C=N–C) groups is 1. The number of amides is 1. The van der Waals surface area contributed by atoms with Gasteiger partial charge in [0.25, 0.3) is 5.91 Å². The molecule has 0 bridgehead atoms. The molecule has 0 unspecified atom stereocenters. The number of anilines is 2. The lowest BCUT2D eigenvalue weighted by molar-refractivity contribution is -0.113. The van der Waals surface area contributed by atoms with Crippen LogP contribution in [0.3, 0.4) is 0 Å². The highest BCUT2D eigenvalue weighted by Gasteiger charge is 2.11. The standard InChI is InChI=1S/C24H21ClFN5O2/c1-4-23(32)27-9-5-6-16-12-18-21(14-22(16)33-11-10-31(2)3)28-15-29-24(18)30-17-7-8-20(26)19(25)13-17/h4,7-9,12-15H,1,10-11H2,2-3H3,(H,28,29,30). The van der Waals surface area contributed by atoms with Crippen LogP contribution in [0.15, 0.2) is 54.3 Å². The van der Waals surface area contributed by atoms with E-state index < -0.39 is 11.7 Å². The van der Waals surface area contributed by atoms with Crippen molar-refractivity contribution in [3.8, 4) is 17.6 Å². The molecule has 33 heavy (non-hydrogen) atoms. The SMILES string of the molecule is C=CC(=O)N=CC#Cc1cc2c(Nc3ccc(F)c(Cl)c3)ncnc2cc1OCCN(C)C. The van der Waals surface area contributed by atoms with E-state index in [0.29, 0.717) is 46.9 Å². The number of benzene rings is 2. The normalized spacial score (nSPS) is 10.8. The maximum absolute atomic E-state index is 13.5. The third-order valence-corrected chi connectivity index (χ3v) is 4.64. The van der Waals surface area contributed by atoms with Crippen molar-refractivity contribution < 1.29 is 13.9 Å². The van der Waals surface area contributed by atoms with Crippen LogP contribution >= 0.6 is 11.6 Å². The molecule has 168 valence electrons. The Labute approximate surface area is 196 Å². The van der Waals surface area contributed by atoms with E-state index in [0.717, 1.165) is 6.08 Å². The summed E-state index contributed by atoms with van der Waals surface area (Å²) in [5.74, 6) is 5.72. The van der Waals surface area contributed by atoms with Gasteiger partial charge in [-0.25, -0.2) is 19.4 Å². The maximum Gasteiger partial charge on any atom is 0.269 e. The van der Waals surface area contributed by atoms with Gasteiger partial charge < -0.3 is 15.0 Å². The largest absolute Gasteiger partial charge is 0.491 e. The fraction of sp³-hybridized carbons (Fsp3) is 0.167. The summed E-state index contributed by atoms with van der Waals surface area (Å²) in [5.41, 5.74) is 1.76. The predicted molar refractivity (Wildman–Crippen MR) is 129 cm³/mol. The Kier molecular flexibility index (Phi) is 8.08. The van der Waals surface area contributed by atoms with E-state index in [1.165, 1.54) is 24.7 Å². The summed E-state index contributed by atoms with van der Waals surface area (Å²) in [6.07, 6.45) is 3.72. The number of likely N-dealkylation sites (N-methyl/N-ethyl adjacent to an activating group) is 1. The molecule has 7 nitrogen and oxygen atoms in total. The number of aromatic nitrogens is 2. The van der Waals surface area contributed by atoms with Gasteiger partial charge in [-0.1, -0.05) is 24.1 Å². The van der Waals surface area contributed by atoms with Gasteiger partial charge in [-0.3, -0.25) is 4.79 Å². The molecule has 0 fully saturated rings. The van der Waals surface area contributed by atoms with Gasteiger partial charge in [0.15, 0.2) is 0 Å². The molecule has 0 radical (unpaired) electrons. The highest BCUT2D eigenvalue weighted by atomic mass is 35.5. The smallest absolute Gasteiger partial charge is 0.269 e. The lowest BCUT2D eigenvalue weighted by atomic mass is 10.1. The van der Waals surface area contributed by atoms with Crippen LogP contribution in [0.25, 0.3) is 10.9 Å². The average molecular weight is 466 g/mol. The van der Waals surface area contributed by atoms with Crippen LogP contribution in [0.4, 0.5) is 15.9 Å². The van der Waals surface area contributed by atoms with E-state index in [9.17, 15) is 9.18 Å². The summed E-state index contributed by atoms with van der Waals surface area (Å²) in [4.78, 5) is 25.5. The third kappa shape index (κ3) is 6.59. The van der Waals surface area contributed by atoms with Crippen LogP contribution in [0.5, 0.6) is 5.75 Å². The lowest BCUT2D eigenvalue weighted by Crippen LogP contribution is -2.19. The van der Waals surface area contributed by atoms with Gasteiger partial charge in [0, 0.05) is 23.7 Å². The summed E-state index contributed by atoms with van der Waals surface area (Å²) in [6, 6.07) is 7.85. The van der Waals surface area contributed by atoms with Crippen molar-refractivity contribution in [3.05, 3.63) is 65.7 Å². The topological polar surface area (TPSA) is 79.7 Å². The minimum Gasteiger partial charge on any atom is -0.491 e. The van der Waals surface area contributed by atoms with Crippen LogP contribution < -0.4 is 10.1 Å². The summed E-state index contributed by atoms with van der Waals surface area (Å²) < 4.78 is 19.4. The van der Waals surface area contributed by atoms with Crippen LogP contribution in [-0.4, -0.2) is 54.2 Å². The highest BCUT2D eigenvalue weighted by molar-refractivity contribution is 6.31. The minimum atomic E-state index is -0.511. The second-order valence-corrected chi connectivity index (χ2v) is 7.47. The molecule has 0 aliphatic rings. The second kappa shape index (κ2) is 11.2. The molecule has 1 heterocycles. The predicted octanol–water partition coefficient (Wildman–Crippen LogP) is 4.24. The Morgan fingerprint density at radius 3 is 2.88 bits per heavy atom. The number of ether oxygens (including phenoxy) is 1. The first-order valence-corrected chi connectivity index (χ1v) is 10.2. The molecule has 1 N–H and O–H groups in total. The van der Waals surface area contributed by atoms with Gasteiger partial charge in [-0.2, -0.15) is 0 Å². The molecule has 0 spiro atoms. The Morgan fingerprint density at radius 1 is 1.33 bits per heavy atom. The van der Waals surface area contributed by atoms with Gasteiger partial charge in [-0.05, 0) is 50.4 Å². The highest BCUT2D eigenvalue weighted by Crippen LogP contribution is 2.30. The minimum absolute atomic E-state index is 0.00476. The van der Waals surface area contributed by atoms with Crippen LogP contribution in [0.1, 0.15) is 5.56 Å². The maximum atomic E-state index is 13.5. The number of fused-ring (bicyclic) bond motifs is 1. The van der Waals surface area contributed by atoms with E-state index in [1.807, 2.05) is 19.0 Å². The Balaban J connectivity index is 2.01. The van der Waals surface area contributed by atoms with E-state index >= 15 is 0 Å². The summed E-state index contributed by atoms with van der Waals surface area (Å²) >= 11 is 5.89. The molecule has 1 aromatic heterocycles. The van der Waals surface area contributed by atoms with Gasteiger partial charge in [-0.15, -0.1) is 0 Å². The van der Waals surface area contributed by atoms with E-state index in [-0.39, 0.29) is 5.02 Å². The number of hydrogen-bond donors (Lipinski definition) is 1. The number of hydrogen-bond acceptors (Lipinski definition) is 6. The van der Waals surface area contributed by atoms with Crippen molar-refractivity contribution in [1.82, 2.24) is 14.9 Å². The molecule has 0 saturated heterocycles. The molecule has 0 atom stereocenters. The van der Waals surface area contributed by atoms with Crippen molar-refractivity contribution in [1.29, 1.82) is 0 Å². The summed E-state index contributed by atoms with van der Waals surface area (Å²) in [6.45, 7) is 4.52. The van der Waals surface area contributed by atoms with E-state index in [4.69, 9.17) is 16.3 Å². The zero-order valence-corrected chi connectivity index (χ0v) is 18.9. The van der Waals surface area contributed by atoms with Crippen molar-refractivity contribution in [2.24, 2.45) is 4.99 Å². The molecule has 1 amide bonds. The molecule has 0 aliphatic carbocycles. The van der Waals surface area contributed by atoms with Crippen molar-refractivity contribution in [2.45, 2.75) is 0 Å². The molecular weight excluding hydrogens is 445 g/mol. The zero-order valence-electron chi connectivity index (χ0n) is 18.1. The number of nitrogens with zero attached hydrogens (tertiary/aromatic N) is 4. The molecule has 3 aromatic rings. The van der Waals surface area contributed by atoms with E-state index in [1.54, 1.807) is 18.2 Å². The van der Waals surface area contributed by atoms with Gasteiger partial charge in [0.05, 0.1) is 22.3 Å². The molecule has 3 rings (SSSR count). The average Bonchev–Trinajstić information content (AvgIpc) is 2.79. The lowest BCUT2D eigenvalue weighted by Gasteiger charge is -2.14. The Bertz CT molecular complexity index is 1280.